The lowest BCUT2D eigenvalue weighted by molar-refractivity contribution is -0.142. The molecular formula is C21H21N3O6S2. The van der Waals surface area contributed by atoms with E-state index in [2.05, 4.69) is 19.8 Å². The molecule has 9 nitrogen and oxygen atoms in total. The van der Waals surface area contributed by atoms with Crippen molar-refractivity contribution in [3.05, 3.63) is 64.7 Å². The molecule has 0 aliphatic heterocycles. The molecule has 0 aliphatic rings. The Hall–Kier alpha value is -3.44. The zero-order chi connectivity index (χ0) is 23.3. The van der Waals surface area contributed by atoms with Crippen molar-refractivity contribution < 1.29 is 27.5 Å². The summed E-state index contributed by atoms with van der Waals surface area (Å²) >= 11 is 1.17. The minimum Gasteiger partial charge on any atom is -0.481 e. The highest BCUT2D eigenvalue weighted by Crippen LogP contribution is 2.26. The lowest BCUT2D eigenvalue weighted by atomic mass is 10.0. The first-order chi connectivity index (χ1) is 15.2. The number of nitrogens with one attached hydrogen (secondary N) is 2. The van der Waals surface area contributed by atoms with Crippen molar-refractivity contribution in [2.45, 2.75) is 18.7 Å². The maximum atomic E-state index is 12.7. The van der Waals surface area contributed by atoms with E-state index in [-0.39, 0.29) is 22.5 Å². The van der Waals surface area contributed by atoms with Gasteiger partial charge in [-0.1, -0.05) is 0 Å². The van der Waals surface area contributed by atoms with Crippen molar-refractivity contribution in [3.63, 3.8) is 0 Å². The molecule has 1 heterocycles. The Balaban J connectivity index is 1.70. The average Bonchev–Trinajstić information content (AvgIpc) is 3.25. The van der Waals surface area contributed by atoms with E-state index < -0.39 is 16.0 Å². The van der Waals surface area contributed by atoms with E-state index in [1.165, 1.54) is 48.9 Å². The molecular weight excluding hydrogens is 454 g/mol. The predicted octanol–water partition coefficient (Wildman–Crippen LogP) is 3.36. The second kappa shape index (κ2) is 9.79. The second-order valence-corrected chi connectivity index (χ2v) is 9.30. The van der Waals surface area contributed by atoms with Gasteiger partial charge in [-0.05, 0) is 61.4 Å². The smallest absolute Gasteiger partial charge is 0.343 e. The number of rotatable bonds is 8. The number of anilines is 2. The average molecular weight is 476 g/mol. The van der Waals surface area contributed by atoms with Crippen LogP contribution in [0.2, 0.25) is 0 Å². The standard InChI is InChI=1S/C21H21N3O6S2/c1-13-10-15(11-14(2)19(13)30-12-18(25)29-3)20(26)23-16-4-6-17(7-5-16)32(27,28)24-21-22-8-9-31-21/h4-11H,12H2,1-3H3,(H,22,24)(H,23,26). The molecule has 1 amide bonds. The minimum atomic E-state index is -3.77. The second-order valence-electron chi connectivity index (χ2n) is 6.73. The zero-order valence-electron chi connectivity index (χ0n) is 17.5. The largest absolute Gasteiger partial charge is 0.481 e. The zero-order valence-corrected chi connectivity index (χ0v) is 19.2. The van der Waals surface area contributed by atoms with Crippen LogP contribution in [0.1, 0.15) is 21.5 Å². The molecule has 2 aromatic carbocycles. The van der Waals surface area contributed by atoms with E-state index >= 15 is 0 Å². The Labute approximate surface area is 189 Å². The number of carbonyl (C=O) groups excluding carboxylic acids is 2. The van der Waals surface area contributed by atoms with E-state index in [1.54, 1.807) is 31.4 Å². The number of ether oxygens (including phenoxy) is 2. The number of methoxy groups -OCH3 is 1. The molecule has 0 saturated carbocycles. The van der Waals surface area contributed by atoms with Crippen LogP contribution in [0.3, 0.4) is 0 Å². The van der Waals surface area contributed by atoms with Gasteiger partial charge in [-0.25, -0.2) is 18.2 Å². The monoisotopic (exact) mass is 475 g/mol. The first-order valence-electron chi connectivity index (χ1n) is 9.34. The Morgan fingerprint density at radius 1 is 1.09 bits per heavy atom. The van der Waals surface area contributed by atoms with Crippen LogP contribution < -0.4 is 14.8 Å². The van der Waals surface area contributed by atoms with Crippen LogP contribution in [-0.2, 0) is 19.6 Å². The van der Waals surface area contributed by atoms with E-state index in [0.717, 1.165) is 0 Å². The summed E-state index contributed by atoms with van der Waals surface area (Å²) < 4.78 is 37.2. The molecule has 168 valence electrons. The normalized spacial score (nSPS) is 11.0. The third kappa shape index (κ3) is 5.62. The van der Waals surface area contributed by atoms with Crippen molar-refractivity contribution in [1.82, 2.24) is 4.98 Å². The highest BCUT2D eigenvalue weighted by molar-refractivity contribution is 7.93. The van der Waals surface area contributed by atoms with Crippen molar-refractivity contribution in [3.8, 4) is 5.75 Å². The Morgan fingerprint density at radius 3 is 2.31 bits per heavy atom. The number of amides is 1. The van der Waals surface area contributed by atoms with E-state index in [0.29, 0.717) is 28.1 Å². The van der Waals surface area contributed by atoms with Gasteiger partial charge in [0.05, 0.1) is 12.0 Å². The van der Waals surface area contributed by atoms with Crippen LogP contribution in [0.25, 0.3) is 0 Å². The molecule has 0 saturated heterocycles. The van der Waals surface area contributed by atoms with E-state index in [4.69, 9.17) is 4.74 Å². The molecule has 0 fully saturated rings. The van der Waals surface area contributed by atoms with Gasteiger partial charge in [0.15, 0.2) is 11.7 Å². The summed E-state index contributed by atoms with van der Waals surface area (Å²) in [5.41, 5.74) is 2.21. The number of aryl methyl sites for hydroxylation is 2. The maximum Gasteiger partial charge on any atom is 0.343 e. The fourth-order valence-corrected chi connectivity index (χ4v) is 4.66. The van der Waals surface area contributed by atoms with Gasteiger partial charge in [0, 0.05) is 22.8 Å². The van der Waals surface area contributed by atoms with Crippen LogP contribution in [0, 0.1) is 13.8 Å². The quantitative estimate of drug-likeness (QED) is 0.479. The third-order valence-electron chi connectivity index (χ3n) is 4.36. The predicted molar refractivity (Wildman–Crippen MR) is 121 cm³/mol. The molecule has 2 N–H and O–H groups in total. The fraction of sp³-hybridized carbons (Fsp3) is 0.190. The van der Waals surface area contributed by atoms with Crippen LogP contribution in [0.15, 0.2) is 52.9 Å². The van der Waals surface area contributed by atoms with Gasteiger partial charge in [-0.15, -0.1) is 11.3 Å². The van der Waals surface area contributed by atoms with Crippen molar-refractivity contribution >= 4 is 44.1 Å². The minimum absolute atomic E-state index is 0.0458. The number of carbonyl (C=O) groups is 2. The van der Waals surface area contributed by atoms with E-state index in [1.807, 2.05) is 0 Å². The lowest BCUT2D eigenvalue weighted by Gasteiger charge is -2.13. The molecule has 0 radical (unpaired) electrons. The van der Waals surface area contributed by atoms with Gasteiger partial charge in [0.1, 0.15) is 5.75 Å². The Bertz CT molecular complexity index is 1200. The molecule has 0 bridgehead atoms. The van der Waals surface area contributed by atoms with Gasteiger partial charge in [0.25, 0.3) is 15.9 Å². The van der Waals surface area contributed by atoms with Gasteiger partial charge in [-0.3, -0.25) is 9.52 Å². The Morgan fingerprint density at radius 2 is 1.75 bits per heavy atom. The number of benzene rings is 2. The molecule has 11 heteroatoms. The number of esters is 1. The SMILES string of the molecule is COC(=O)COc1c(C)cc(C(=O)Nc2ccc(S(=O)(=O)Nc3nccs3)cc2)cc1C. The lowest BCUT2D eigenvalue weighted by Crippen LogP contribution is -2.16. The summed E-state index contributed by atoms with van der Waals surface area (Å²) in [4.78, 5) is 27.9. The van der Waals surface area contributed by atoms with Crippen LogP contribution >= 0.6 is 11.3 Å². The fourth-order valence-electron chi connectivity index (χ4n) is 2.87. The number of hydrogen-bond donors (Lipinski definition) is 2. The molecule has 3 aromatic rings. The topological polar surface area (TPSA) is 124 Å². The Kier molecular flexibility index (Phi) is 7.11. The van der Waals surface area contributed by atoms with Gasteiger partial charge in [0.2, 0.25) is 0 Å². The highest BCUT2D eigenvalue weighted by atomic mass is 32.2. The van der Waals surface area contributed by atoms with Crippen molar-refractivity contribution in [2.75, 3.05) is 23.8 Å². The highest BCUT2D eigenvalue weighted by Gasteiger charge is 2.17. The number of thiazole rings is 1. The molecule has 0 spiro atoms. The third-order valence-corrected chi connectivity index (χ3v) is 6.53. The first-order valence-corrected chi connectivity index (χ1v) is 11.7. The summed E-state index contributed by atoms with van der Waals surface area (Å²) in [6.07, 6.45) is 1.50. The molecule has 32 heavy (non-hydrogen) atoms. The number of aromatic nitrogens is 1. The van der Waals surface area contributed by atoms with Crippen molar-refractivity contribution in [2.24, 2.45) is 0 Å². The van der Waals surface area contributed by atoms with Crippen molar-refractivity contribution in [1.29, 1.82) is 0 Å². The van der Waals surface area contributed by atoms with Crippen LogP contribution in [0.4, 0.5) is 10.8 Å². The van der Waals surface area contributed by atoms with Gasteiger partial charge in [-0.2, -0.15) is 0 Å². The summed E-state index contributed by atoms with van der Waals surface area (Å²) in [6, 6.07) is 9.08. The summed E-state index contributed by atoms with van der Waals surface area (Å²) in [7, 11) is -2.50. The van der Waals surface area contributed by atoms with Gasteiger partial charge >= 0.3 is 5.97 Å². The molecule has 0 atom stereocenters. The first kappa shape index (κ1) is 23.2. The summed E-state index contributed by atoms with van der Waals surface area (Å²) in [5, 5.41) is 4.67. The molecule has 0 unspecified atom stereocenters. The number of sulfonamides is 1. The van der Waals surface area contributed by atoms with Crippen LogP contribution in [-0.4, -0.2) is 39.0 Å². The molecule has 1 aromatic heterocycles. The molecule has 0 aliphatic carbocycles. The van der Waals surface area contributed by atoms with Crippen LogP contribution in [0.5, 0.6) is 5.75 Å². The summed E-state index contributed by atoms with van der Waals surface area (Å²) in [6.45, 7) is 3.31. The van der Waals surface area contributed by atoms with Gasteiger partial charge < -0.3 is 14.8 Å². The van der Waals surface area contributed by atoms with E-state index in [9.17, 15) is 18.0 Å². The maximum absolute atomic E-state index is 12.7. The number of hydrogen-bond acceptors (Lipinski definition) is 8. The summed E-state index contributed by atoms with van der Waals surface area (Å²) in [5.74, 6) is -0.362. The molecule has 3 rings (SSSR count). The number of nitrogens with zero attached hydrogens (tertiary/aromatic N) is 1.